The maximum atomic E-state index is 11.8. The Morgan fingerprint density at radius 2 is 2.43 bits per heavy atom. The topological polar surface area (TPSA) is 64.4 Å². The standard InChI is InChI=1S/C7H8F2N2O3/c1-11-2-4(7(12)13)6(10-11)14-3-5(8)9/h2,5H,3H2,1H3,(H,12,13). The van der Waals surface area contributed by atoms with Crippen molar-refractivity contribution in [3.63, 3.8) is 0 Å². The maximum absolute atomic E-state index is 11.8. The minimum atomic E-state index is -2.65. The summed E-state index contributed by atoms with van der Waals surface area (Å²) in [5.41, 5.74) is -0.229. The van der Waals surface area contributed by atoms with Gasteiger partial charge < -0.3 is 9.84 Å². The second-order valence-electron chi connectivity index (χ2n) is 2.53. The summed E-state index contributed by atoms with van der Waals surface area (Å²) in [5, 5.41) is 12.2. The molecule has 5 nitrogen and oxygen atoms in total. The molecule has 1 heterocycles. The summed E-state index contributed by atoms with van der Waals surface area (Å²) in [5.74, 6) is -1.55. The lowest BCUT2D eigenvalue weighted by molar-refractivity contribution is 0.0659. The van der Waals surface area contributed by atoms with Crippen molar-refractivity contribution < 1.29 is 23.4 Å². The zero-order chi connectivity index (χ0) is 10.7. The lowest BCUT2D eigenvalue weighted by atomic mass is 10.3. The normalized spacial score (nSPS) is 10.6. The van der Waals surface area contributed by atoms with Gasteiger partial charge in [-0.3, -0.25) is 4.68 Å². The first-order valence-electron chi connectivity index (χ1n) is 3.68. The van der Waals surface area contributed by atoms with Crippen molar-refractivity contribution in [1.29, 1.82) is 0 Å². The number of nitrogens with zero attached hydrogens (tertiary/aromatic N) is 2. The smallest absolute Gasteiger partial charge is 0.342 e. The van der Waals surface area contributed by atoms with E-state index in [2.05, 4.69) is 9.84 Å². The highest BCUT2D eigenvalue weighted by molar-refractivity contribution is 5.89. The van der Waals surface area contributed by atoms with E-state index >= 15 is 0 Å². The Labute approximate surface area is 77.9 Å². The molecule has 0 spiro atoms. The quantitative estimate of drug-likeness (QED) is 0.789. The van der Waals surface area contributed by atoms with Gasteiger partial charge in [0, 0.05) is 13.2 Å². The molecule has 1 rings (SSSR count). The molecule has 7 heteroatoms. The molecule has 0 aliphatic heterocycles. The number of alkyl halides is 2. The van der Waals surface area contributed by atoms with E-state index < -0.39 is 19.0 Å². The first kappa shape index (κ1) is 10.4. The van der Waals surface area contributed by atoms with Crippen LogP contribution < -0.4 is 4.74 Å². The molecule has 78 valence electrons. The van der Waals surface area contributed by atoms with Gasteiger partial charge in [-0.05, 0) is 0 Å². The molecule has 14 heavy (non-hydrogen) atoms. The number of halogens is 2. The zero-order valence-electron chi connectivity index (χ0n) is 7.28. The third-order valence-electron chi connectivity index (χ3n) is 1.37. The molecule has 1 aromatic heterocycles. The first-order chi connectivity index (χ1) is 6.50. The van der Waals surface area contributed by atoms with Crippen molar-refractivity contribution in [3.8, 4) is 5.88 Å². The number of carboxylic acid groups (broad SMARTS) is 1. The molecule has 0 fully saturated rings. The lowest BCUT2D eigenvalue weighted by Crippen LogP contribution is -2.09. The molecule has 0 bridgehead atoms. The van der Waals surface area contributed by atoms with E-state index in [-0.39, 0.29) is 11.4 Å². The summed E-state index contributed by atoms with van der Waals surface area (Å²) in [6.45, 7) is -0.864. The average Bonchev–Trinajstić information content (AvgIpc) is 2.43. The summed E-state index contributed by atoms with van der Waals surface area (Å²) in [4.78, 5) is 10.6. The van der Waals surface area contributed by atoms with E-state index in [0.717, 1.165) is 0 Å². The third kappa shape index (κ3) is 2.41. The van der Waals surface area contributed by atoms with Crippen LogP contribution in [0.4, 0.5) is 8.78 Å². The molecule has 0 radical (unpaired) electrons. The predicted molar refractivity (Wildman–Crippen MR) is 41.7 cm³/mol. The Hall–Kier alpha value is -1.66. The maximum Gasteiger partial charge on any atom is 0.342 e. The van der Waals surface area contributed by atoms with E-state index in [1.807, 2.05) is 0 Å². The van der Waals surface area contributed by atoms with Crippen molar-refractivity contribution in [2.24, 2.45) is 7.05 Å². The number of aromatic nitrogens is 2. The lowest BCUT2D eigenvalue weighted by Gasteiger charge is -2.01. The van der Waals surface area contributed by atoms with Gasteiger partial charge in [-0.25, -0.2) is 13.6 Å². The molecule has 0 aliphatic rings. The van der Waals surface area contributed by atoms with Gasteiger partial charge in [-0.15, -0.1) is 5.10 Å². The molecule has 1 N–H and O–H groups in total. The van der Waals surface area contributed by atoms with Crippen LogP contribution in [0.5, 0.6) is 5.88 Å². The van der Waals surface area contributed by atoms with Crippen LogP contribution in [0.1, 0.15) is 10.4 Å². The molecule has 0 aromatic carbocycles. The van der Waals surface area contributed by atoms with Crippen LogP contribution in [0.3, 0.4) is 0 Å². The average molecular weight is 206 g/mol. The highest BCUT2D eigenvalue weighted by Gasteiger charge is 2.17. The molecule has 0 saturated heterocycles. The number of ether oxygens (including phenoxy) is 1. The van der Waals surface area contributed by atoms with Gasteiger partial charge in [0.2, 0.25) is 5.88 Å². The molecule has 0 saturated carbocycles. The SMILES string of the molecule is Cn1cc(C(=O)O)c(OCC(F)F)n1. The summed E-state index contributed by atoms with van der Waals surface area (Å²) < 4.78 is 29.2. The second-order valence-corrected chi connectivity index (χ2v) is 2.53. The highest BCUT2D eigenvalue weighted by Crippen LogP contribution is 2.15. The fourth-order valence-electron chi connectivity index (χ4n) is 0.863. The highest BCUT2D eigenvalue weighted by atomic mass is 19.3. The molecular weight excluding hydrogens is 198 g/mol. The summed E-state index contributed by atoms with van der Waals surface area (Å²) >= 11 is 0. The van der Waals surface area contributed by atoms with Crippen molar-refractivity contribution in [1.82, 2.24) is 9.78 Å². The van der Waals surface area contributed by atoms with E-state index in [1.165, 1.54) is 17.9 Å². The Bertz CT molecular complexity index is 338. The third-order valence-corrected chi connectivity index (χ3v) is 1.37. The number of rotatable bonds is 4. The van der Waals surface area contributed by atoms with Gasteiger partial charge in [-0.1, -0.05) is 0 Å². The largest absolute Gasteiger partial charge is 0.477 e. The molecule has 0 aliphatic carbocycles. The Kier molecular flexibility index (Phi) is 3.00. The number of carboxylic acids is 1. The van der Waals surface area contributed by atoms with Crippen LogP contribution in [0.25, 0.3) is 0 Å². The summed E-state index contributed by atoms with van der Waals surface area (Å²) in [7, 11) is 1.47. The van der Waals surface area contributed by atoms with Crippen LogP contribution in [0.15, 0.2) is 6.20 Å². The van der Waals surface area contributed by atoms with Gasteiger partial charge in [0.25, 0.3) is 6.43 Å². The first-order valence-corrected chi connectivity index (χ1v) is 3.68. The van der Waals surface area contributed by atoms with E-state index in [4.69, 9.17) is 5.11 Å². The summed E-state index contributed by atoms with van der Waals surface area (Å²) in [6, 6.07) is 0. The van der Waals surface area contributed by atoms with E-state index in [0.29, 0.717) is 0 Å². The van der Waals surface area contributed by atoms with Gasteiger partial charge in [0.1, 0.15) is 5.56 Å². The van der Waals surface area contributed by atoms with Gasteiger partial charge in [0.15, 0.2) is 6.61 Å². The number of aryl methyl sites for hydroxylation is 1. The minimum absolute atomic E-state index is 0.229. The van der Waals surface area contributed by atoms with Crippen LogP contribution in [0, 0.1) is 0 Å². The molecular formula is C7H8F2N2O3. The number of carbonyl (C=O) groups is 1. The Morgan fingerprint density at radius 1 is 1.79 bits per heavy atom. The molecule has 1 aromatic rings. The second kappa shape index (κ2) is 4.03. The number of hydrogen-bond donors (Lipinski definition) is 1. The van der Waals surface area contributed by atoms with Crippen molar-refractivity contribution in [2.75, 3.05) is 6.61 Å². The van der Waals surface area contributed by atoms with Crippen LogP contribution in [-0.2, 0) is 7.05 Å². The minimum Gasteiger partial charge on any atom is -0.477 e. The molecule has 0 unspecified atom stereocenters. The van der Waals surface area contributed by atoms with Gasteiger partial charge >= 0.3 is 5.97 Å². The van der Waals surface area contributed by atoms with Gasteiger partial charge in [0.05, 0.1) is 0 Å². The van der Waals surface area contributed by atoms with E-state index in [1.54, 1.807) is 0 Å². The number of aromatic carboxylic acids is 1. The molecule has 0 atom stereocenters. The van der Waals surface area contributed by atoms with E-state index in [9.17, 15) is 13.6 Å². The summed E-state index contributed by atoms with van der Waals surface area (Å²) in [6.07, 6.45) is -1.47. The Morgan fingerprint density at radius 3 is 2.93 bits per heavy atom. The monoisotopic (exact) mass is 206 g/mol. The molecule has 0 amide bonds. The fraction of sp³-hybridized carbons (Fsp3) is 0.429. The fourth-order valence-corrected chi connectivity index (χ4v) is 0.863. The number of hydrogen-bond acceptors (Lipinski definition) is 3. The van der Waals surface area contributed by atoms with Crippen LogP contribution in [-0.4, -0.2) is 33.9 Å². The Balaban J connectivity index is 2.79. The van der Waals surface area contributed by atoms with Crippen LogP contribution in [0.2, 0.25) is 0 Å². The predicted octanol–water partition coefficient (Wildman–Crippen LogP) is 0.762. The van der Waals surface area contributed by atoms with Crippen molar-refractivity contribution >= 4 is 5.97 Å². The van der Waals surface area contributed by atoms with Crippen LogP contribution >= 0.6 is 0 Å². The zero-order valence-corrected chi connectivity index (χ0v) is 7.28. The van der Waals surface area contributed by atoms with Crippen molar-refractivity contribution in [3.05, 3.63) is 11.8 Å². The van der Waals surface area contributed by atoms with Gasteiger partial charge in [-0.2, -0.15) is 0 Å². The van der Waals surface area contributed by atoms with Crippen molar-refractivity contribution in [2.45, 2.75) is 6.43 Å².